The minimum atomic E-state index is -1.39. The molecule has 0 radical (unpaired) electrons. The van der Waals surface area contributed by atoms with Gasteiger partial charge in [0.2, 0.25) is 0 Å². The van der Waals surface area contributed by atoms with Crippen molar-refractivity contribution in [1.82, 2.24) is 0 Å². The van der Waals surface area contributed by atoms with Crippen LogP contribution in [0.3, 0.4) is 0 Å². The first-order valence-electron chi connectivity index (χ1n) is 4.21. The van der Waals surface area contributed by atoms with Gasteiger partial charge in [0, 0.05) is 9.82 Å². The van der Waals surface area contributed by atoms with Crippen LogP contribution in [-0.4, -0.2) is 40.8 Å². The highest BCUT2D eigenvalue weighted by molar-refractivity contribution is 4.95. The average Bonchev–Trinajstić information content (AvgIpc) is 2.19. The fourth-order valence-corrected chi connectivity index (χ4v) is 1.44. The maximum atomic E-state index is 9.66. The fraction of sp³-hybridized carbons (Fsp3) is 1.00. The maximum Gasteiger partial charge on any atom is 0.165 e. The summed E-state index contributed by atoms with van der Waals surface area (Å²) in [7, 11) is 0. The topological polar surface area (TPSA) is 147 Å². The second-order valence-electron chi connectivity index (χ2n) is 3.11. The Morgan fingerprint density at radius 2 is 1.67 bits per heavy atom. The van der Waals surface area contributed by atoms with Crippen molar-refractivity contribution in [3.8, 4) is 0 Å². The summed E-state index contributed by atoms with van der Waals surface area (Å²) in [5, 5.41) is 25.5. The van der Waals surface area contributed by atoms with Crippen molar-refractivity contribution in [2.45, 2.75) is 37.5 Å². The van der Waals surface area contributed by atoms with Gasteiger partial charge in [0.25, 0.3) is 0 Å². The van der Waals surface area contributed by atoms with Gasteiger partial charge in [0.1, 0.15) is 6.04 Å². The van der Waals surface area contributed by atoms with Gasteiger partial charge in [-0.3, -0.25) is 0 Å². The van der Waals surface area contributed by atoms with Crippen LogP contribution in [0.25, 0.3) is 20.9 Å². The summed E-state index contributed by atoms with van der Waals surface area (Å²) in [6.07, 6.45) is -3.29. The van der Waals surface area contributed by atoms with E-state index in [9.17, 15) is 10.2 Å². The SMILES string of the molecule is CC1O[C@@H](O)C(N=[N+]=[N-])[C@@H](O)[C@@H]1N=[N+]=[N-]. The van der Waals surface area contributed by atoms with Crippen LogP contribution in [0.5, 0.6) is 0 Å². The first kappa shape index (κ1) is 11.6. The minimum absolute atomic E-state index is 0.643. The summed E-state index contributed by atoms with van der Waals surface area (Å²) in [5.74, 6) is 0. The quantitative estimate of drug-likeness (QED) is 0.390. The molecule has 2 unspecified atom stereocenters. The van der Waals surface area contributed by atoms with E-state index in [0.29, 0.717) is 0 Å². The van der Waals surface area contributed by atoms with Crippen molar-refractivity contribution < 1.29 is 14.9 Å². The first-order valence-corrected chi connectivity index (χ1v) is 4.21. The van der Waals surface area contributed by atoms with Gasteiger partial charge >= 0.3 is 0 Å². The number of hydrogen-bond acceptors (Lipinski definition) is 5. The van der Waals surface area contributed by atoms with Crippen molar-refractivity contribution in [3.05, 3.63) is 20.9 Å². The zero-order chi connectivity index (χ0) is 11.4. The lowest BCUT2D eigenvalue weighted by molar-refractivity contribution is -0.202. The van der Waals surface area contributed by atoms with E-state index < -0.39 is 30.6 Å². The molecule has 0 saturated carbocycles. The van der Waals surface area contributed by atoms with Crippen LogP contribution in [0.2, 0.25) is 0 Å². The summed E-state index contributed by atoms with van der Waals surface area (Å²) < 4.78 is 4.95. The van der Waals surface area contributed by atoms with Crippen molar-refractivity contribution in [2.75, 3.05) is 0 Å². The molecule has 1 fully saturated rings. The molecule has 1 aliphatic rings. The van der Waals surface area contributed by atoms with Gasteiger partial charge in [-0.15, -0.1) is 0 Å². The number of nitrogens with zero attached hydrogens (tertiary/aromatic N) is 6. The van der Waals surface area contributed by atoms with E-state index >= 15 is 0 Å². The Bertz CT molecular complexity index is 293. The predicted octanol–water partition coefficient (Wildman–Crippen LogP) is 0.442. The highest BCUT2D eigenvalue weighted by atomic mass is 16.6. The second kappa shape index (κ2) is 4.83. The van der Waals surface area contributed by atoms with E-state index in [0.717, 1.165) is 0 Å². The molecule has 5 atom stereocenters. The molecule has 0 amide bonds. The normalized spacial score (nSPS) is 40.1. The molecule has 15 heavy (non-hydrogen) atoms. The molecule has 9 nitrogen and oxygen atoms in total. The lowest BCUT2D eigenvalue weighted by Crippen LogP contribution is -2.54. The number of hydrogen-bond donors (Lipinski definition) is 2. The van der Waals surface area contributed by atoms with E-state index in [1.165, 1.54) is 6.92 Å². The van der Waals surface area contributed by atoms with E-state index in [1.54, 1.807) is 0 Å². The molecule has 0 aliphatic carbocycles. The Morgan fingerprint density at radius 3 is 2.20 bits per heavy atom. The summed E-state index contributed by atoms with van der Waals surface area (Å²) in [4.78, 5) is 5.02. The van der Waals surface area contributed by atoms with Gasteiger partial charge in [0.05, 0.1) is 18.2 Å². The number of rotatable bonds is 2. The molecule has 0 aromatic carbocycles. The van der Waals surface area contributed by atoms with Crippen LogP contribution in [0.1, 0.15) is 6.92 Å². The molecular weight excluding hydrogens is 204 g/mol. The standard InChI is InChI=1S/C6H10N6O3/c1-2-3(9-11-7)5(13)4(10-12-8)6(14)15-2/h2-6,13-14H,1H3/t2?,3-,4?,5+,6-/m1/s1. The van der Waals surface area contributed by atoms with Crippen LogP contribution in [-0.2, 0) is 4.74 Å². The lowest BCUT2D eigenvalue weighted by Gasteiger charge is -2.37. The molecule has 9 heteroatoms. The van der Waals surface area contributed by atoms with Crippen LogP contribution in [0, 0.1) is 0 Å². The summed E-state index contributed by atoms with van der Waals surface area (Å²) in [6.45, 7) is 1.54. The molecule has 1 saturated heterocycles. The Morgan fingerprint density at radius 1 is 1.13 bits per heavy atom. The molecular formula is C6H10N6O3. The number of ether oxygens (including phenoxy) is 1. The highest BCUT2D eigenvalue weighted by Crippen LogP contribution is 2.24. The monoisotopic (exact) mass is 214 g/mol. The smallest absolute Gasteiger partial charge is 0.165 e. The number of aliphatic hydroxyl groups excluding tert-OH is 2. The zero-order valence-electron chi connectivity index (χ0n) is 7.87. The Hall–Kier alpha value is -1.50. The molecule has 0 bridgehead atoms. The van der Waals surface area contributed by atoms with E-state index in [4.69, 9.17) is 15.8 Å². The van der Waals surface area contributed by atoms with Gasteiger partial charge < -0.3 is 14.9 Å². The van der Waals surface area contributed by atoms with Gasteiger partial charge in [-0.25, -0.2) is 0 Å². The lowest BCUT2D eigenvalue weighted by atomic mass is 9.96. The first-order chi connectivity index (χ1) is 7.11. The van der Waals surface area contributed by atoms with Crippen LogP contribution >= 0.6 is 0 Å². The van der Waals surface area contributed by atoms with Crippen LogP contribution in [0.4, 0.5) is 0 Å². The predicted molar refractivity (Wildman–Crippen MR) is 48.4 cm³/mol. The molecule has 2 N–H and O–H groups in total. The van der Waals surface area contributed by atoms with Gasteiger partial charge in [-0.05, 0) is 18.0 Å². The third-order valence-electron chi connectivity index (χ3n) is 2.20. The largest absolute Gasteiger partial charge is 0.392 e. The van der Waals surface area contributed by atoms with Crippen LogP contribution in [0.15, 0.2) is 10.2 Å². The Labute approximate surface area is 84.5 Å². The highest BCUT2D eigenvalue weighted by Gasteiger charge is 2.41. The molecule has 1 aliphatic heterocycles. The Kier molecular flexibility index (Phi) is 3.73. The second-order valence-corrected chi connectivity index (χ2v) is 3.11. The molecule has 0 aromatic heterocycles. The average molecular weight is 214 g/mol. The maximum absolute atomic E-state index is 9.66. The van der Waals surface area contributed by atoms with E-state index in [-0.39, 0.29) is 0 Å². The fourth-order valence-electron chi connectivity index (χ4n) is 1.44. The molecule has 82 valence electrons. The zero-order valence-corrected chi connectivity index (χ0v) is 7.87. The van der Waals surface area contributed by atoms with Crippen LogP contribution < -0.4 is 0 Å². The van der Waals surface area contributed by atoms with Crippen molar-refractivity contribution >= 4 is 0 Å². The number of aliphatic hydroxyl groups is 2. The van der Waals surface area contributed by atoms with Gasteiger partial charge in [-0.1, -0.05) is 10.2 Å². The van der Waals surface area contributed by atoms with Crippen molar-refractivity contribution in [3.63, 3.8) is 0 Å². The minimum Gasteiger partial charge on any atom is -0.392 e. The number of azide groups is 2. The molecule has 0 aromatic rings. The van der Waals surface area contributed by atoms with Gasteiger partial charge in [-0.2, -0.15) is 0 Å². The molecule has 1 heterocycles. The third-order valence-corrected chi connectivity index (χ3v) is 2.20. The van der Waals surface area contributed by atoms with E-state index in [2.05, 4.69) is 20.1 Å². The van der Waals surface area contributed by atoms with Gasteiger partial charge in [0.15, 0.2) is 6.29 Å². The van der Waals surface area contributed by atoms with Crippen molar-refractivity contribution in [1.29, 1.82) is 0 Å². The Balaban J connectivity index is 2.92. The van der Waals surface area contributed by atoms with Crippen molar-refractivity contribution in [2.24, 2.45) is 10.2 Å². The summed E-state index contributed by atoms with van der Waals surface area (Å²) in [5.41, 5.74) is 16.5. The third kappa shape index (κ3) is 2.30. The summed E-state index contributed by atoms with van der Waals surface area (Å²) in [6, 6.07) is -2.05. The van der Waals surface area contributed by atoms with E-state index in [1.807, 2.05) is 0 Å². The summed E-state index contributed by atoms with van der Waals surface area (Å²) >= 11 is 0. The molecule has 0 spiro atoms. The molecule has 1 rings (SSSR count).